The molecule has 132 valence electrons. The molecule has 2 aromatic heterocycles. The molecule has 0 bridgehead atoms. The first-order valence-electron chi connectivity index (χ1n) is 8.19. The second-order valence-corrected chi connectivity index (χ2v) is 6.67. The number of nitrogens with one attached hydrogen (secondary N) is 2. The van der Waals surface area contributed by atoms with Crippen molar-refractivity contribution in [3.8, 4) is 0 Å². The Morgan fingerprint density at radius 1 is 0.889 bits per heavy atom. The predicted molar refractivity (Wildman–Crippen MR) is 109 cm³/mol. The van der Waals surface area contributed by atoms with Crippen LogP contribution in [0, 0.1) is 0 Å². The first kappa shape index (κ1) is 17.1. The molecule has 2 heterocycles. The molecule has 7 heteroatoms. The summed E-state index contributed by atoms with van der Waals surface area (Å²) in [4.78, 5) is 25.0. The summed E-state index contributed by atoms with van der Waals surface area (Å²) in [7, 11) is 0. The number of amides is 1. The van der Waals surface area contributed by atoms with Crippen molar-refractivity contribution in [2.75, 3.05) is 10.6 Å². The maximum absolute atomic E-state index is 12.3. The second-order valence-electron chi connectivity index (χ2n) is 5.76. The Morgan fingerprint density at radius 3 is 2.63 bits per heavy atom. The lowest BCUT2D eigenvalue weighted by Gasteiger charge is -2.10. The number of hydrogen-bond donors (Lipinski definition) is 2. The van der Waals surface area contributed by atoms with Crippen LogP contribution in [-0.4, -0.2) is 20.9 Å². The molecule has 2 aromatic carbocycles. The molecule has 0 saturated heterocycles. The van der Waals surface area contributed by atoms with E-state index >= 15 is 0 Å². The number of rotatable bonds is 4. The summed E-state index contributed by atoms with van der Waals surface area (Å²) in [6.07, 6.45) is 3.10. The average molecular weight is 420 g/mol. The van der Waals surface area contributed by atoms with Gasteiger partial charge in [-0.25, -0.2) is 9.97 Å². The zero-order chi connectivity index (χ0) is 18.6. The SMILES string of the molecule is O=C(Nc1ccc2ncnc(Nc3cccc(Br)c3)c2c1)c1ccccn1. The van der Waals surface area contributed by atoms with Gasteiger partial charge in [0, 0.05) is 27.4 Å². The van der Waals surface area contributed by atoms with E-state index in [-0.39, 0.29) is 5.91 Å². The van der Waals surface area contributed by atoms with Crippen LogP contribution in [-0.2, 0) is 0 Å². The Labute approximate surface area is 163 Å². The third kappa shape index (κ3) is 3.93. The van der Waals surface area contributed by atoms with Gasteiger partial charge < -0.3 is 10.6 Å². The molecule has 0 unspecified atom stereocenters. The average Bonchev–Trinajstić information content (AvgIpc) is 2.69. The number of fused-ring (bicyclic) bond motifs is 1. The summed E-state index contributed by atoms with van der Waals surface area (Å²) in [5.74, 6) is 0.389. The Hall–Kier alpha value is -3.32. The van der Waals surface area contributed by atoms with Crippen molar-refractivity contribution in [2.24, 2.45) is 0 Å². The van der Waals surface area contributed by atoms with Crippen LogP contribution in [0.2, 0.25) is 0 Å². The number of carbonyl (C=O) groups is 1. The quantitative estimate of drug-likeness (QED) is 0.497. The van der Waals surface area contributed by atoms with Crippen LogP contribution >= 0.6 is 15.9 Å². The number of hydrogen-bond acceptors (Lipinski definition) is 5. The van der Waals surface area contributed by atoms with E-state index in [4.69, 9.17) is 0 Å². The van der Waals surface area contributed by atoms with E-state index in [1.165, 1.54) is 6.33 Å². The molecule has 0 aliphatic rings. The molecule has 0 saturated carbocycles. The fraction of sp³-hybridized carbons (Fsp3) is 0. The Balaban J connectivity index is 1.66. The van der Waals surface area contributed by atoms with Crippen molar-refractivity contribution in [1.29, 1.82) is 0 Å². The zero-order valence-electron chi connectivity index (χ0n) is 14.1. The number of carbonyl (C=O) groups excluding carboxylic acids is 1. The van der Waals surface area contributed by atoms with Crippen LogP contribution in [0.4, 0.5) is 17.2 Å². The molecule has 0 spiro atoms. The van der Waals surface area contributed by atoms with Crippen LogP contribution in [0.5, 0.6) is 0 Å². The van der Waals surface area contributed by atoms with Gasteiger partial charge in [0.25, 0.3) is 5.91 Å². The van der Waals surface area contributed by atoms with E-state index in [1.807, 2.05) is 36.4 Å². The molecule has 27 heavy (non-hydrogen) atoms. The Bertz CT molecular complexity index is 1120. The van der Waals surface area contributed by atoms with Gasteiger partial charge in [0.15, 0.2) is 0 Å². The molecular formula is C20H14BrN5O. The number of benzene rings is 2. The lowest BCUT2D eigenvalue weighted by Crippen LogP contribution is -2.13. The normalized spacial score (nSPS) is 10.6. The van der Waals surface area contributed by atoms with Crippen LogP contribution in [0.25, 0.3) is 10.9 Å². The third-order valence-electron chi connectivity index (χ3n) is 3.88. The summed E-state index contributed by atoms with van der Waals surface area (Å²) in [6, 6.07) is 18.5. The maximum Gasteiger partial charge on any atom is 0.274 e. The zero-order valence-corrected chi connectivity index (χ0v) is 15.6. The molecule has 0 aliphatic carbocycles. The van der Waals surface area contributed by atoms with Gasteiger partial charge in [0.2, 0.25) is 0 Å². The fourth-order valence-corrected chi connectivity index (χ4v) is 3.03. The van der Waals surface area contributed by atoms with Gasteiger partial charge in [-0.3, -0.25) is 9.78 Å². The van der Waals surface area contributed by atoms with Crippen molar-refractivity contribution in [3.63, 3.8) is 0 Å². The second kappa shape index (κ2) is 7.51. The molecule has 0 aliphatic heterocycles. The largest absolute Gasteiger partial charge is 0.340 e. The van der Waals surface area contributed by atoms with Crippen molar-refractivity contribution < 1.29 is 4.79 Å². The minimum Gasteiger partial charge on any atom is -0.340 e. The molecule has 4 aromatic rings. The summed E-state index contributed by atoms with van der Waals surface area (Å²) in [5.41, 5.74) is 2.67. The molecule has 0 atom stereocenters. The first-order valence-corrected chi connectivity index (χ1v) is 8.98. The van der Waals surface area contributed by atoms with Gasteiger partial charge in [-0.1, -0.05) is 28.1 Å². The van der Waals surface area contributed by atoms with Crippen molar-refractivity contribution in [3.05, 3.63) is 83.4 Å². The first-order chi connectivity index (χ1) is 13.2. The summed E-state index contributed by atoms with van der Waals surface area (Å²) in [5, 5.41) is 6.95. The smallest absolute Gasteiger partial charge is 0.274 e. The Morgan fingerprint density at radius 2 is 1.81 bits per heavy atom. The lowest BCUT2D eigenvalue weighted by atomic mass is 10.2. The summed E-state index contributed by atoms with van der Waals surface area (Å²) in [6.45, 7) is 0. The van der Waals surface area contributed by atoms with Crippen LogP contribution in [0.15, 0.2) is 77.7 Å². The molecule has 4 rings (SSSR count). The number of pyridine rings is 1. The Kier molecular flexibility index (Phi) is 4.76. The van der Waals surface area contributed by atoms with Crippen LogP contribution < -0.4 is 10.6 Å². The number of aromatic nitrogens is 3. The van der Waals surface area contributed by atoms with Gasteiger partial charge in [-0.2, -0.15) is 0 Å². The number of halogens is 1. The van der Waals surface area contributed by atoms with E-state index < -0.39 is 0 Å². The van der Waals surface area contributed by atoms with Crippen molar-refractivity contribution in [2.45, 2.75) is 0 Å². The van der Waals surface area contributed by atoms with E-state index in [0.29, 0.717) is 17.2 Å². The third-order valence-corrected chi connectivity index (χ3v) is 4.37. The van der Waals surface area contributed by atoms with E-state index in [1.54, 1.807) is 30.5 Å². The highest BCUT2D eigenvalue weighted by atomic mass is 79.9. The monoisotopic (exact) mass is 419 g/mol. The standard InChI is InChI=1S/C20H14BrN5O/c21-13-4-3-5-14(10-13)25-19-16-11-15(7-8-17(16)23-12-24-19)26-20(27)18-6-1-2-9-22-18/h1-12H,(H,26,27)(H,23,24,25). The van der Waals surface area contributed by atoms with Gasteiger partial charge in [-0.05, 0) is 48.5 Å². The van der Waals surface area contributed by atoms with E-state index in [0.717, 1.165) is 21.1 Å². The molecular weight excluding hydrogens is 406 g/mol. The van der Waals surface area contributed by atoms with E-state index in [9.17, 15) is 4.79 Å². The van der Waals surface area contributed by atoms with Gasteiger partial charge in [0.1, 0.15) is 17.8 Å². The van der Waals surface area contributed by atoms with Gasteiger partial charge in [0.05, 0.1) is 5.52 Å². The molecule has 6 nitrogen and oxygen atoms in total. The minimum atomic E-state index is -0.270. The summed E-state index contributed by atoms with van der Waals surface area (Å²) < 4.78 is 0.967. The lowest BCUT2D eigenvalue weighted by molar-refractivity contribution is 0.102. The predicted octanol–water partition coefficient (Wildman–Crippen LogP) is 4.78. The van der Waals surface area contributed by atoms with Gasteiger partial charge >= 0.3 is 0 Å². The molecule has 1 amide bonds. The number of anilines is 3. The molecule has 0 fully saturated rings. The van der Waals surface area contributed by atoms with Gasteiger partial charge in [-0.15, -0.1) is 0 Å². The minimum absolute atomic E-state index is 0.270. The topological polar surface area (TPSA) is 79.8 Å². The van der Waals surface area contributed by atoms with Crippen molar-refractivity contribution in [1.82, 2.24) is 15.0 Å². The summed E-state index contributed by atoms with van der Waals surface area (Å²) >= 11 is 3.46. The highest BCUT2D eigenvalue weighted by molar-refractivity contribution is 9.10. The highest BCUT2D eigenvalue weighted by Gasteiger charge is 2.10. The number of nitrogens with zero attached hydrogens (tertiary/aromatic N) is 3. The highest BCUT2D eigenvalue weighted by Crippen LogP contribution is 2.27. The maximum atomic E-state index is 12.3. The molecule has 2 N–H and O–H groups in total. The van der Waals surface area contributed by atoms with Crippen LogP contribution in [0.1, 0.15) is 10.5 Å². The van der Waals surface area contributed by atoms with Crippen molar-refractivity contribution >= 4 is 49.9 Å². The fourth-order valence-electron chi connectivity index (χ4n) is 2.63. The molecule has 0 radical (unpaired) electrons. The van der Waals surface area contributed by atoms with E-state index in [2.05, 4.69) is 41.5 Å². The van der Waals surface area contributed by atoms with Crippen LogP contribution in [0.3, 0.4) is 0 Å².